The highest BCUT2D eigenvalue weighted by atomic mass is 16.6. The standard InChI is InChI=1S/C16H14N2O5/c1-22-16(19)13-8-6-12(7-9-13)11-23-17-10-14-4-2-3-5-15(14)18(20)21/h2-10H,11H2,1H3/b17-10+. The van der Waals surface area contributed by atoms with Crippen molar-refractivity contribution in [3.05, 3.63) is 75.3 Å². The zero-order valence-electron chi connectivity index (χ0n) is 12.3. The van der Waals surface area contributed by atoms with E-state index in [2.05, 4.69) is 9.89 Å². The van der Waals surface area contributed by atoms with Gasteiger partial charge < -0.3 is 9.57 Å². The number of nitro groups is 1. The number of hydrogen-bond donors (Lipinski definition) is 0. The van der Waals surface area contributed by atoms with Gasteiger partial charge in [-0.2, -0.15) is 0 Å². The molecule has 0 amide bonds. The van der Waals surface area contributed by atoms with Crippen LogP contribution in [0.25, 0.3) is 0 Å². The largest absolute Gasteiger partial charge is 0.465 e. The van der Waals surface area contributed by atoms with Gasteiger partial charge in [0.15, 0.2) is 0 Å². The van der Waals surface area contributed by atoms with Crippen LogP contribution in [0.4, 0.5) is 5.69 Å². The molecule has 0 heterocycles. The van der Waals surface area contributed by atoms with Gasteiger partial charge in [0.1, 0.15) is 6.61 Å². The van der Waals surface area contributed by atoms with Crippen LogP contribution in [0.5, 0.6) is 0 Å². The Balaban J connectivity index is 1.95. The van der Waals surface area contributed by atoms with Crippen LogP contribution >= 0.6 is 0 Å². The van der Waals surface area contributed by atoms with Gasteiger partial charge in [0.25, 0.3) is 5.69 Å². The number of ether oxygens (including phenoxy) is 1. The fraction of sp³-hybridized carbons (Fsp3) is 0.125. The first-order valence-electron chi connectivity index (χ1n) is 6.68. The molecule has 0 saturated carbocycles. The summed E-state index contributed by atoms with van der Waals surface area (Å²) in [6.07, 6.45) is 1.29. The first-order valence-corrected chi connectivity index (χ1v) is 6.68. The Morgan fingerprint density at radius 1 is 1.22 bits per heavy atom. The van der Waals surface area contributed by atoms with Crippen molar-refractivity contribution < 1.29 is 19.3 Å². The normalized spacial score (nSPS) is 10.5. The molecule has 0 aliphatic carbocycles. The lowest BCUT2D eigenvalue weighted by molar-refractivity contribution is -0.385. The van der Waals surface area contributed by atoms with Gasteiger partial charge in [0.2, 0.25) is 0 Å². The number of nitro benzene ring substituents is 1. The Bertz CT molecular complexity index is 726. The van der Waals surface area contributed by atoms with E-state index in [9.17, 15) is 14.9 Å². The lowest BCUT2D eigenvalue weighted by Crippen LogP contribution is -2.01. The number of para-hydroxylation sites is 1. The van der Waals surface area contributed by atoms with E-state index in [1.165, 1.54) is 19.4 Å². The van der Waals surface area contributed by atoms with Crippen molar-refractivity contribution >= 4 is 17.9 Å². The topological polar surface area (TPSA) is 91.0 Å². The van der Waals surface area contributed by atoms with Crippen molar-refractivity contribution in [3.63, 3.8) is 0 Å². The van der Waals surface area contributed by atoms with Crippen LogP contribution in [-0.2, 0) is 16.2 Å². The van der Waals surface area contributed by atoms with Gasteiger partial charge in [-0.25, -0.2) is 4.79 Å². The molecule has 0 saturated heterocycles. The average molecular weight is 314 g/mol. The molecule has 118 valence electrons. The van der Waals surface area contributed by atoms with Gasteiger partial charge >= 0.3 is 5.97 Å². The molecule has 0 aromatic heterocycles. The molecule has 2 aromatic carbocycles. The second-order valence-corrected chi connectivity index (χ2v) is 4.51. The van der Waals surface area contributed by atoms with E-state index in [1.807, 2.05) is 0 Å². The van der Waals surface area contributed by atoms with Crippen LogP contribution in [0, 0.1) is 10.1 Å². The van der Waals surface area contributed by atoms with E-state index in [1.54, 1.807) is 42.5 Å². The van der Waals surface area contributed by atoms with Crippen molar-refractivity contribution in [2.45, 2.75) is 6.61 Å². The molecule has 0 N–H and O–H groups in total. The monoisotopic (exact) mass is 314 g/mol. The van der Waals surface area contributed by atoms with E-state index in [0.717, 1.165) is 5.56 Å². The summed E-state index contributed by atoms with van der Waals surface area (Å²) >= 11 is 0. The highest BCUT2D eigenvalue weighted by Crippen LogP contribution is 2.15. The summed E-state index contributed by atoms with van der Waals surface area (Å²) in [6, 6.07) is 12.9. The van der Waals surface area contributed by atoms with Crippen LogP contribution < -0.4 is 0 Å². The molecule has 0 spiro atoms. The van der Waals surface area contributed by atoms with Crippen LogP contribution in [-0.4, -0.2) is 24.2 Å². The molecular weight excluding hydrogens is 300 g/mol. The van der Waals surface area contributed by atoms with Gasteiger partial charge in [0.05, 0.1) is 29.4 Å². The van der Waals surface area contributed by atoms with Crippen LogP contribution in [0.1, 0.15) is 21.5 Å². The zero-order chi connectivity index (χ0) is 16.7. The quantitative estimate of drug-likeness (QED) is 0.354. The summed E-state index contributed by atoms with van der Waals surface area (Å²) < 4.78 is 4.61. The number of carbonyl (C=O) groups excluding carboxylic acids is 1. The third kappa shape index (κ3) is 4.37. The predicted molar refractivity (Wildman–Crippen MR) is 83.3 cm³/mol. The molecule has 2 aromatic rings. The second-order valence-electron chi connectivity index (χ2n) is 4.51. The minimum absolute atomic E-state index is 0.0396. The van der Waals surface area contributed by atoms with E-state index in [-0.39, 0.29) is 12.3 Å². The summed E-state index contributed by atoms with van der Waals surface area (Å²) in [5.41, 5.74) is 1.57. The average Bonchev–Trinajstić information content (AvgIpc) is 2.58. The zero-order valence-corrected chi connectivity index (χ0v) is 12.3. The van der Waals surface area contributed by atoms with Crippen molar-refractivity contribution in [1.82, 2.24) is 0 Å². The first-order chi connectivity index (χ1) is 11.1. The molecule has 7 nitrogen and oxygen atoms in total. The highest BCUT2D eigenvalue weighted by molar-refractivity contribution is 5.89. The number of methoxy groups -OCH3 is 1. The lowest BCUT2D eigenvalue weighted by atomic mass is 10.1. The molecule has 0 radical (unpaired) electrons. The van der Waals surface area contributed by atoms with E-state index in [4.69, 9.17) is 4.84 Å². The van der Waals surface area contributed by atoms with Gasteiger partial charge in [-0.05, 0) is 23.8 Å². The second kappa shape index (κ2) is 7.69. The van der Waals surface area contributed by atoms with Gasteiger partial charge in [-0.3, -0.25) is 10.1 Å². The molecule has 0 aliphatic heterocycles. The maximum absolute atomic E-state index is 11.3. The maximum atomic E-state index is 11.3. The maximum Gasteiger partial charge on any atom is 0.337 e. The molecule has 0 unspecified atom stereocenters. The van der Waals surface area contributed by atoms with Crippen molar-refractivity contribution in [1.29, 1.82) is 0 Å². The Morgan fingerprint density at radius 3 is 2.57 bits per heavy atom. The van der Waals surface area contributed by atoms with Crippen molar-refractivity contribution in [3.8, 4) is 0 Å². The third-order valence-electron chi connectivity index (χ3n) is 3.01. The Hall–Kier alpha value is -3.22. The number of carbonyl (C=O) groups is 1. The molecule has 0 fully saturated rings. The third-order valence-corrected chi connectivity index (χ3v) is 3.01. The SMILES string of the molecule is COC(=O)c1ccc(CO/N=C/c2ccccc2[N+](=O)[O-])cc1. The number of esters is 1. The Labute approximate surface area is 132 Å². The number of benzene rings is 2. The first kappa shape index (κ1) is 16.2. The number of hydrogen-bond acceptors (Lipinski definition) is 6. The molecule has 7 heteroatoms. The van der Waals surface area contributed by atoms with Crippen LogP contribution in [0.15, 0.2) is 53.7 Å². The molecule has 0 aliphatic rings. The minimum Gasteiger partial charge on any atom is -0.465 e. The number of oxime groups is 1. The smallest absolute Gasteiger partial charge is 0.337 e. The summed E-state index contributed by atoms with van der Waals surface area (Å²) in [5, 5.41) is 14.6. The van der Waals surface area contributed by atoms with Gasteiger partial charge in [-0.15, -0.1) is 0 Å². The lowest BCUT2D eigenvalue weighted by Gasteiger charge is -2.02. The Morgan fingerprint density at radius 2 is 1.91 bits per heavy atom. The highest BCUT2D eigenvalue weighted by Gasteiger charge is 2.10. The van der Waals surface area contributed by atoms with E-state index in [0.29, 0.717) is 11.1 Å². The minimum atomic E-state index is -0.479. The van der Waals surface area contributed by atoms with Gasteiger partial charge in [0, 0.05) is 6.07 Å². The molecule has 2 rings (SSSR count). The van der Waals surface area contributed by atoms with Crippen LogP contribution in [0.3, 0.4) is 0 Å². The molecule has 0 atom stereocenters. The fourth-order valence-corrected chi connectivity index (χ4v) is 1.82. The van der Waals surface area contributed by atoms with E-state index < -0.39 is 10.9 Å². The van der Waals surface area contributed by atoms with Crippen molar-refractivity contribution in [2.75, 3.05) is 7.11 Å². The molecule has 23 heavy (non-hydrogen) atoms. The van der Waals surface area contributed by atoms with E-state index >= 15 is 0 Å². The fourth-order valence-electron chi connectivity index (χ4n) is 1.82. The summed E-state index contributed by atoms with van der Waals surface area (Å²) in [7, 11) is 1.32. The summed E-state index contributed by atoms with van der Waals surface area (Å²) in [4.78, 5) is 26.8. The Kier molecular flexibility index (Phi) is 5.40. The molecule has 0 bridgehead atoms. The van der Waals surface area contributed by atoms with Gasteiger partial charge in [-0.1, -0.05) is 29.4 Å². The number of rotatable bonds is 6. The molecular formula is C16H14N2O5. The predicted octanol–water partition coefficient (Wildman–Crippen LogP) is 2.93. The van der Waals surface area contributed by atoms with Crippen molar-refractivity contribution in [2.24, 2.45) is 5.16 Å². The summed E-state index contributed by atoms with van der Waals surface area (Å²) in [5.74, 6) is -0.410. The van der Waals surface area contributed by atoms with Crippen LogP contribution in [0.2, 0.25) is 0 Å². The number of nitrogens with zero attached hydrogens (tertiary/aromatic N) is 2. The summed E-state index contributed by atoms with van der Waals surface area (Å²) in [6.45, 7) is 0.179.